The zero-order valence-corrected chi connectivity index (χ0v) is 21.4. The number of hydrogen-bond acceptors (Lipinski definition) is 8. The molecule has 1 fully saturated rings. The molecule has 0 radical (unpaired) electrons. The molecule has 0 bridgehead atoms. The van der Waals surface area contributed by atoms with Crippen LogP contribution in [0.15, 0.2) is 60.7 Å². The molecule has 1 heterocycles. The van der Waals surface area contributed by atoms with E-state index in [-0.39, 0.29) is 25.0 Å². The van der Waals surface area contributed by atoms with Crippen molar-refractivity contribution in [3.05, 3.63) is 71.8 Å². The maximum Gasteiger partial charge on any atom is 0.323 e. The van der Waals surface area contributed by atoms with Crippen molar-refractivity contribution in [1.82, 2.24) is 25.8 Å². The summed E-state index contributed by atoms with van der Waals surface area (Å²) < 4.78 is 5.74. The molecule has 37 heavy (non-hydrogen) atoms. The van der Waals surface area contributed by atoms with Crippen LogP contribution in [-0.2, 0) is 20.9 Å². The van der Waals surface area contributed by atoms with E-state index in [4.69, 9.17) is 4.74 Å². The van der Waals surface area contributed by atoms with E-state index >= 15 is 0 Å². The van der Waals surface area contributed by atoms with Gasteiger partial charge in [0.1, 0.15) is 12.6 Å². The first-order valence-electron chi connectivity index (χ1n) is 13.1. The Morgan fingerprint density at radius 1 is 0.865 bits per heavy atom. The van der Waals surface area contributed by atoms with Gasteiger partial charge in [0.15, 0.2) is 0 Å². The van der Waals surface area contributed by atoms with Gasteiger partial charge < -0.3 is 20.7 Å². The van der Waals surface area contributed by atoms with E-state index in [0.717, 1.165) is 44.8 Å². The predicted octanol–water partition coefficient (Wildman–Crippen LogP) is 1.26. The maximum atomic E-state index is 13.3. The molecular weight excluding hydrogens is 470 g/mol. The van der Waals surface area contributed by atoms with Crippen molar-refractivity contribution >= 4 is 18.3 Å². The molecule has 9 heteroatoms. The van der Waals surface area contributed by atoms with E-state index < -0.39 is 6.04 Å². The van der Waals surface area contributed by atoms with Crippen molar-refractivity contribution in [1.29, 1.82) is 0 Å². The molecule has 0 aliphatic carbocycles. The van der Waals surface area contributed by atoms with Crippen molar-refractivity contribution in [3.8, 4) is 0 Å². The number of ether oxygens (including phenoxy) is 1. The Balaban J connectivity index is 1.65. The topological polar surface area (TPSA) is 103 Å². The molecule has 1 atom stereocenters. The zero-order chi connectivity index (χ0) is 26.1. The number of amides is 2. The van der Waals surface area contributed by atoms with Crippen molar-refractivity contribution in [2.24, 2.45) is 0 Å². The van der Waals surface area contributed by atoms with Gasteiger partial charge in [0.25, 0.3) is 5.91 Å². The van der Waals surface area contributed by atoms with Crippen molar-refractivity contribution in [2.75, 3.05) is 58.9 Å². The van der Waals surface area contributed by atoms with Crippen LogP contribution >= 0.6 is 0 Å². The van der Waals surface area contributed by atoms with E-state index in [0.29, 0.717) is 37.9 Å². The van der Waals surface area contributed by atoms with Crippen LogP contribution in [0, 0.1) is 0 Å². The molecule has 1 aliphatic heterocycles. The summed E-state index contributed by atoms with van der Waals surface area (Å²) >= 11 is 0. The number of benzene rings is 2. The second kappa shape index (κ2) is 16.6. The number of carbonyl (C=O) groups is 3. The van der Waals surface area contributed by atoms with Gasteiger partial charge in [-0.1, -0.05) is 48.5 Å². The van der Waals surface area contributed by atoms with E-state index in [2.05, 4.69) is 20.9 Å². The molecule has 2 amide bonds. The average molecular weight is 510 g/mol. The fourth-order valence-corrected chi connectivity index (χ4v) is 4.28. The normalized spacial score (nSPS) is 16.5. The molecule has 2 aromatic carbocycles. The molecule has 200 valence electrons. The highest BCUT2D eigenvalue weighted by Gasteiger charge is 2.27. The van der Waals surface area contributed by atoms with Crippen LogP contribution in [0.1, 0.15) is 28.8 Å². The smallest absolute Gasteiger partial charge is 0.323 e. The SMILES string of the molecule is O=CN(CCCC(C(=O)OCc1ccccc1)N1CCNCCNCCNCC1)C(=O)c1ccccc1. The van der Waals surface area contributed by atoms with E-state index in [1.165, 1.54) is 4.90 Å². The summed E-state index contributed by atoms with van der Waals surface area (Å²) in [5, 5.41) is 10.2. The first kappa shape index (κ1) is 28.5. The Labute approximate surface area is 219 Å². The molecule has 3 N–H and O–H groups in total. The van der Waals surface area contributed by atoms with E-state index in [1.54, 1.807) is 24.3 Å². The lowest BCUT2D eigenvalue weighted by molar-refractivity contribution is -0.151. The Morgan fingerprint density at radius 3 is 2.03 bits per heavy atom. The van der Waals surface area contributed by atoms with Gasteiger partial charge in [-0.25, -0.2) is 0 Å². The molecule has 1 unspecified atom stereocenters. The molecule has 0 aromatic heterocycles. The first-order valence-corrected chi connectivity index (χ1v) is 13.1. The third-order valence-electron chi connectivity index (χ3n) is 6.33. The third-order valence-corrected chi connectivity index (χ3v) is 6.33. The lowest BCUT2D eigenvalue weighted by Gasteiger charge is -2.31. The molecule has 0 spiro atoms. The van der Waals surface area contributed by atoms with Gasteiger partial charge in [0, 0.05) is 64.5 Å². The largest absolute Gasteiger partial charge is 0.460 e. The summed E-state index contributed by atoms with van der Waals surface area (Å²) in [6.07, 6.45) is 1.53. The fraction of sp³-hybridized carbons (Fsp3) is 0.464. The second-order valence-corrected chi connectivity index (χ2v) is 9.01. The minimum atomic E-state index is -0.478. The molecule has 0 saturated carbocycles. The minimum Gasteiger partial charge on any atom is -0.460 e. The number of carbonyl (C=O) groups excluding carboxylic acids is 3. The summed E-state index contributed by atoms with van der Waals surface area (Å²) in [4.78, 5) is 41.1. The zero-order valence-electron chi connectivity index (χ0n) is 21.4. The van der Waals surface area contributed by atoms with Crippen molar-refractivity contribution < 1.29 is 19.1 Å². The molecule has 2 aromatic rings. The van der Waals surface area contributed by atoms with Gasteiger partial charge in [0.2, 0.25) is 6.41 Å². The lowest BCUT2D eigenvalue weighted by atomic mass is 10.1. The minimum absolute atomic E-state index is 0.207. The number of rotatable bonds is 10. The standard InChI is InChI=1S/C28H39N5O4/c34-23-33(27(35)25-10-5-2-6-11-25)19-7-12-26(28(36)37-22-24-8-3-1-4-9-24)32-20-17-30-15-13-29-14-16-31-18-21-32/h1-6,8-11,23,26,29-31H,7,12-22H2. The Hall–Kier alpha value is -3.11. The quantitative estimate of drug-likeness (QED) is 0.325. The highest BCUT2D eigenvalue weighted by molar-refractivity contribution is 5.99. The highest BCUT2D eigenvalue weighted by Crippen LogP contribution is 2.13. The van der Waals surface area contributed by atoms with Gasteiger partial charge in [-0.3, -0.25) is 24.2 Å². The molecule has 3 rings (SSSR count). The average Bonchev–Trinajstić information content (AvgIpc) is 2.93. The fourth-order valence-electron chi connectivity index (χ4n) is 4.28. The van der Waals surface area contributed by atoms with Crippen molar-refractivity contribution in [3.63, 3.8) is 0 Å². The first-order chi connectivity index (χ1) is 18.2. The van der Waals surface area contributed by atoms with Crippen LogP contribution in [0.2, 0.25) is 0 Å². The second-order valence-electron chi connectivity index (χ2n) is 9.01. The summed E-state index contributed by atoms with van der Waals surface area (Å²) in [6.45, 7) is 6.80. The summed E-state index contributed by atoms with van der Waals surface area (Å²) in [5.74, 6) is -0.628. The summed E-state index contributed by atoms with van der Waals surface area (Å²) in [5.41, 5.74) is 1.39. The van der Waals surface area contributed by atoms with Crippen LogP contribution in [-0.4, -0.2) is 93.0 Å². The molecule has 1 saturated heterocycles. The van der Waals surface area contributed by atoms with Crippen molar-refractivity contribution in [2.45, 2.75) is 25.5 Å². The number of hydrogen-bond donors (Lipinski definition) is 3. The Bertz CT molecular complexity index is 932. The molecule has 9 nitrogen and oxygen atoms in total. The van der Waals surface area contributed by atoms with Gasteiger partial charge in [-0.05, 0) is 30.5 Å². The Kier molecular flexibility index (Phi) is 12.8. The number of nitrogens with one attached hydrogen (secondary N) is 3. The van der Waals surface area contributed by atoms with Crippen LogP contribution in [0.3, 0.4) is 0 Å². The third kappa shape index (κ3) is 10.0. The van der Waals surface area contributed by atoms with Gasteiger partial charge in [-0.2, -0.15) is 0 Å². The van der Waals surface area contributed by atoms with Gasteiger partial charge >= 0.3 is 5.97 Å². The number of esters is 1. The number of nitrogens with zero attached hydrogens (tertiary/aromatic N) is 2. The lowest BCUT2D eigenvalue weighted by Crippen LogP contribution is -2.49. The van der Waals surface area contributed by atoms with Gasteiger partial charge in [-0.15, -0.1) is 0 Å². The summed E-state index contributed by atoms with van der Waals surface area (Å²) in [6, 6.07) is 17.9. The van der Waals surface area contributed by atoms with Crippen LogP contribution in [0.25, 0.3) is 0 Å². The summed E-state index contributed by atoms with van der Waals surface area (Å²) in [7, 11) is 0. The highest BCUT2D eigenvalue weighted by atomic mass is 16.5. The Morgan fingerprint density at radius 2 is 1.43 bits per heavy atom. The van der Waals surface area contributed by atoms with Gasteiger partial charge in [0.05, 0.1) is 0 Å². The number of imide groups is 1. The molecule has 1 aliphatic rings. The maximum absolute atomic E-state index is 13.3. The van der Waals surface area contributed by atoms with E-state index in [9.17, 15) is 14.4 Å². The van der Waals surface area contributed by atoms with Crippen LogP contribution < -0.4 is 16.0 Å². The predicted molar refractivity (Wildman–Crippen MR) is 143 cm³/mol. The molecular formula is C28H39N5O4. The monoisotopic (exact) mass is 509 g/mol. The van der Waals surface area contributed by atoms with E-state index in [1.807, 2.05) is 36.4 Å². The van der Waals surface area contributed by atoms with Crippen LogP contribution in [0.5, 0.6) is 0 Å². The van der Waals surface area contributed by atoms with Crippen LogP contribution in [0.4, 0.5) is 0 Å².